The van der Waals surface area contributed by atoms with Gasteiger partial charge in [0.15, 0.2) is 0 Å². The third kappa shape index (κ3) is 2.50. The molecule has 1 rings (SSSR count). The second-order valence-electron chi connectivity index (χ2n) is 3.07. The first-order valence-electron chi connectivity index (χ1n) is 4.47. The van der Waals surface area contributed by atoms with Crippen LogP contribution in [0.3, 0.4) is 0 Å². The SMILES string of the molecule is COC(=O)Cc1ccc(CCl)c(F)c1C#N. The van der Waals surface area contributed by atoms with Crippen molar-refractivity contribution in [2.24, 2.45) is 0 Å². The highest BCUT2D eigenvalue weighted by Crippen LogP contribution is 2.19. The van der Waals surface area contributed by atoms with E-state index in [4.69, 9.17) is 16.9 Å². The number of hydrogen-bond donors (Lipinski definition) is 0. The predicted octanol–water partition coefficient (Wildman–Crippen LogP) is 2.15. The van der Waals surface area contributed by atoms with Crippen LogP contribution in [0.4, 0.5) is 4.39 Å². The van der Waals surface area contributed by atoms with Crippen LogP contribution in [0.1, 0.15) is 16.7 Å². The molecule has 0 radical (unpaired) electrons. The van der Waals surface area contributed by atoms with Crippen LogP contribution in [0, 0.1) is 17.1 Å². The van der Waals surface area contributed by atoms with E-state index >= 15 is 0 Å². The molecule has 3 nitrogen and oxygen atoms in total. The van der Waals surface area contributed by atoms with E-state index < -0.39 is 11.8 Å². The smallest absolute Gasteiger partial charge is 0.310 e. The zero-order chi connectivity index (χ0) is 12.1. The number of nitriles is 1. The van der Waals surface area contributed by atoms with Gasteiger partial charge in [0.1, 0.15) is 11.9 Å². The van der Waals surface area contributed by atoms with E-state index in [1.54, 1.807) is 6.07 Å². The quantitative estimate of drug-likeness (QED) is 0.602. The Labute approximate surface area is 97.4 Å². The molecule has 0 N–H and O–H groups in total. The lowest BCUT2D eigenvalue weighted by Gasteiger charge is -2.06. The van der Waals surface area contributed by atoms with Gasteiger partial charge in [0.05, 0.1) is 25.0 Å². The Morgan fingerprint density at radius 3 is 2.69 bits per heavy atom. The van der Waals surface area contributed by atoms with E-state index in [1.807, 2.05) is 0 Å². The van der Waals surface area contributed by atoms with Crippen molar-refractivity contribution >= 4 is 17.6 Å². The molecule has 0 heterocycles. The normalized spacial score (nSPS) is 9.62. The molecule has 0 aliphatic rings. The molecule has 5 heteroatoms. The highest BCUT2D eigenvalue weighted by Gasteiger charge is 2.15. The molecule has 0 saturated carbocycles. The number of carbonyl (C=O) groups excluding carboxylic acids is 1. The fraction of sp³-hybridized carbons (Fsp3) is 0.273. The third-order valence-corrected chi connectivity index (χ3v) is 2.41. The predicted molar refractivity (Wildman–Crippen MR) is 56.4 cm³/mol. The van der Waals surface area contributed by atoms with Crippen LogP contribution in [-0.2, 0) is 21.8 Å². The van der Waals surface area contributed by atoms with Crippen LogP contribution in [0.25, 0.3) is 0 Å². The first-order chi connectivity index (χ1) is 7.63. The Morgan fingerprint density at radius 2 is 2.19 bits per heavy atom. The van der Waals surface area contributed by atoms with Crippen molar-refractivity contribution in [3.63, 3.8) is 0 Å². The van der Waals surface area contributed by atoms with E-state index in [9.17, 15) is 9.18 Å². The molecule has 0 aliphatic carbocycles. The lowest BCUT2D eigenvalue weighted by molar-refractivity contribution is -0.139. The summed E-state index contributed by atoms with van der Waals surface area (Å²) in [7, 11) is 1.23. The summed E-state index contributed by atoms with van der Waals surface area (Å²) < 4.78 is 18.1. The first-order valence-corrected chi connectivity index (χ1v) is 5.00. The number of benzene rings is 1. The molecule has 0 unspecified atom stereocenters. The van der Waals surface area contributed by atoms with Crippen LogP contribution in [0.2, 0.25) is 0 Å². The summed E-state index contributed by atoms with van der Waals surface area (Å²) in [4.78, 5) is 11.0. The second-order valence-corrected chi connectivity index (χ2v) is 3.34. The minimum atomic E-state index is -0.668. The Balaban J connectivity index is 3.17. The molecule has 0 atom stereocenters. The van der Waals surface area contributed by atoms with Gasteiger partial charge in [-0.15, -0.1) is 11.6 Å². The van der Waals surface area contributed by atoms with E-state index in [2.05, 4.69) is 4.74 Å². The summed E-state index contributed by atoms with van der Waals surface area (Å²) in [6.07, 6.45) is -0.126. The van der Waals surface area contributed by atoms with Gasteiger partial charge >= 0.3 is 5.97 Å². The Kier molecular flexibility index (Phi) is 4.27. The van der Waals surface area contributed by atoms with Crippen molar-refractivity contribution in [2.75, 3.05) is 7.11 Å². The Bertz CT molecular complexity index is 454. The lowest BCUT2D eigenvalue weighted by atomic mass is 10.0. The molecule has 0 bridgehead atoms. The minimum Gasteiger partial charge on any atom is -0.469 e. The summed E-state index contributed by atoms with van der Waals surface area (Å²) in [5.41, 5.74) is 0.399. The van der Waals surface area contributed by atoms with Crippen LogP contribution < -0.4 is 0 Å². The molecule has 0 saturated heterocycles. The monoisotopic (exact) mass is 241 g/mol. The van der Waals surface area contributed by atoms with Gasteiger partial charge in [-0.05, 0) is 5.56 Å². The molecule has 1 aromatic carbocycles. The molecular formula is C11H9ClFNO2. The van der Waals surface area contributed by atoms with Gasteiger partial charge in [0.2, 0.25) is 0 Å². The fourth-order valence-electron chi connectivity index (χ4n) is 1.26. The number of carbonyl (C=O) groups is 1. The summed E-state index contributed by atoms with van der Waals surface area (Å²) in [5, 5.41) is 8.82. The summed E-state index contributed by atoms with van der Waals surface area (Å²) >= 11 is 5.51. The number of alkyl halides is 1. The molecule has 16 heavy (non-hydrogen) atoms. The van der Waals surface area contributed by atoms with Gasteiger partial charge in [-0.3, -0.25) is 4.79 Å². The zero-order valence-corrected chi connectivity index (χ0v) is 9.34. The van der Waals surface area contributed by atoms with Crippen LogP contribution in [0.15, 0.2) is 12.1 Å². The molecule has 0 spiro atoms. The minimum absolute atomic E-state index is 0.0149. The number of rotatable bonds is 3. The number of methoxy groups -OCH3 is 1. The maximum absolute atomic E-state index is 13.6. The maximum atomic E-state index is 13.6. The molecule has 0 aromatic heterocycles. The highest BCUT2D eigenvalue weighted by atomic mass is 35.5. The van der Waals surface area contributed by atoms with E-state index in [-0.39, 0.29) is 23.4 Å². The van der Waals surface area contributed by atoms with Crippen molar-refractivity contribution in [1.82, 2.24) is 0 Å². The fourth-order valence-corrected chi connectivity index (χ4v) is 1.46. The maximum Gasteiger partial charge on any atom is 0.310 e. The van der Waals surface area contributed by atoms with E-state index in [0.717, 1.165) is 0 Å². The molecule has 0 amide bonds. The average molecular weight is 242 g/mol. The standard InChI is InChI=1S/C11H9ClFNO2/c1-16-10(15)4-7-2-3-8(5-12)11(13)9(7)6-14/h2-3H,4-5H2,1H3. The number of esters is 1. The summed E-state index contributed by atoms with van der Waals surface area (Å²) in [6, 6.07) is 4.70. The number of halogens is 2. The van der Waals surface area contributed by atoms with Gasteiger partial charge in [0.25, 0.3) is 0 Å². The second kappa shape index (κ2) is 5.47. The Morgan fingerprint density at radius 1 is 1.56 bits per heavy atom. The largest absolute Gasteiger partial charge is 0.469 e. The van der Waals surface area contributed by atoms with E-state index in [0.29, 0.717) is 5.56 Å². The first kappa shape index (κ1) is 12.5. The molecule has 0 aliphatic heterocycles. The number of ether oxygens (including phenoxy) is 1. The van der Waals surface area contributed by atoms with Crippen molar-refractivity contribution in [2.45, 2.75) is 12.3 Å². The van der Waals surface area contributed by atoms with Crippen molar-refractivity contribution in [1.29, 1.82) is 5.26 Å². The summed E-state index contributed by atoms with van der Waals surface area (Å²) in [6.45, 7) is 0. The van der Waals surface area contributed by atoms with Crippen molar-refractivity contribution in [3.05, 3.63) is 34.6 Å². The molecule has 0 fully saturated rings. The van der Waals surface area contributed by atoms with Gasteiger partial charge in [-0.2, -0.15) is 5.26 Å². The average Bonchev–Trinajstić information content (AvgIpc) is 2.29. The molecule has 84 valence electrons. The van der Waals surface area contributed by atoms with Crippen molar-refractivity contribution < 1.29 is 13.9 Å². The van der Waals surface area contributed by atoms with Gasteiger partial charge in [-0.1, -0.05) is 12.1 Å². The summed E-state index contributed by atoms with van der Waals surface area (Å²) in [5.74, 6) is -1.20. The van der Waals surface area contributed by atoms with Crippen molar-refractivity contribution in [3.8, 4) is 6.07 Å². The Hall–Kier alpha value is -1.60. The zero-order valence-electron chi connectivity index (χ0n) is 8.59. The molecule has 1 aromatic rings. The highest BCUT2D eigenvalue weighted by molar-refractivity contribution is 6.17. The van der Waals surface area contributed by atoms with Gasteiger partial charge in [0, 0.05) is 5.56 Å². The van der Waals surface area contributed by atoms with Gasteiger partial charge < -0.3 is 4.74 Å². The van der Waals surface area contributed by atoms with Crippen LogP contribution in [-0.4, -0.2) is 13.1 Å². The topological polar surface area (TPSA) is 50.1 Å². The molecular weight excluding hydrogens is 233 g/mol. The van der Waals surface area contributed by atoms with E-state index in [1.165, 1.54) is 19.2 Å². The van der Waals surface area contributed by atoms with Crippen LogP contribution >= 0.6 is 11.6 Å². The third-order valence-electron chi connectivity index (χ3n) is 2.13. The number of hydrogen-bond acceptors (Lipinski definition) is 3. The lowest BCUT2D eigenvalue weighted by Crippen LogP contribution is -2.07. The van der Waals surface area contributed by atoms with Gasteiger partial charge in [-0.25, -0.2) is 4.39 Å². The number of nitrogens with zero attached hydrogens (tertiary/aromatic N) is 1. The van der Waals surface area contributed by atoms with Crippen LogP contribution in [0.5, 0.6) is 0 Å².